The van der Waals surface area contributed by atoms with E-state index < -0.39 is 0 Å². The Bertz CT molecular complexity index is 798. The van der Waals surface area contributed by atoms with Gasteiger partial charge in [-0.3, -0.25) is 0 Å². The van der Waals surface area contributed by atoms with E-state index in [1.807, 2.05) is 0 Å². The molecule has 0 amide bonds. The van der Waals surface area contributed by atoms with Crippen molar-refractivity contribution in [2.45, 2.75) is 109 Å². The van der Waals surface area contributed by atoms with Gasteiger partial charge in [0.25, 0.3) is 0 Å². The van der Waals surface area contributed by atoms with E-state index in [-0.39, 0.29) is 0 Å². The molecule has 186 valence electrons. The van der Waals surface area contributed by atoms with Crippen molar-refractivity contribution in [3.63, 3.8) is 0 Å². The molecule has 1 aliphatic rings. The molecule has 1 heteroatoms. The summed E-state index contributed by atoms with van der Waals surface area (Å²) in [6.45, 7) is 7.74. The molecule has 0 heterocycles. The Balaban J connectivity index is 1.35. The van der Waals surface area contributed by atoms with Gasteiger partial charge in [0, 0.05) is 6.61 Å². The van der Waals surface area contributed by atoms with Crippen LogP contribution in [0.5, 0.6) is 0 Å². The van der Waals surface area contributed by atoms with Crippen LogP contribution in [0.15, 0.2) is 61.2 Å². The van der Waals surface area contributed by atoms with Crippen LogP contribution in [0, 0.1) is 5.92 Å². The molecule has 0 N–H and O–H groups in total. The van der Waals surface area contributed by atoms with Gasteiger partial charge < -0.3 is 4.74 Å². The number of unbranched alkanes of at least 4 members (excludes halogenated alkanes) is 4. The number of hydrogen-bond donors (Lipinski definition) is 0. The van der Waals surface area contributed by atoms with Gasteiger partial charge in [-0.15, -0.1) is 6.58 Å². The Morgan fingerprint density at radius 1 is 0.824 bits per heavy atom. The van der Waals surface area contributed by atoms with Crippen LogP contribution in [0.25, 0.3) is 0 Å². The van der Waals surface area contributed by atoms with Crippen LogP contribution in [0.3, 0.4) is 0 Å². The summed E-state index contributed by atoms with van der Waals surface area (Å²) in [6, 6.07) is 18.5. The third-order valence-corrected chi connectivity index (χ3v) is 7.75. The number of rotatable bonds is 16. The standard InChI is InChI=1S/C33H48O/c1-3-5-7-13-28-18-22-31(23-19-28)32-24-20-29(21-25-32)14-8-9-15-30-16-10-11-17-33(30)27-34-26-12-6-4-2/h3,10-11,16-17,20-21,24-25,28,31H,1,4-9,12-15,18-19,22-23,26-27H2,2H3. The highest BCUT2D eigenvalue weighted by Gasteiger charge is 2.21. The fourth-order valence-corrected chi connectivity index (χ4v) is 5.51. The zero-order chi connectivity index (χ0) is 23.8. The molecule has 1 fully saturated rings. The Labute approximate surface area is 210 Å². The van der Waals surface area contributed by atoms with Crippen molar-refractivity contribution >= 4 is 0 Å². The Kier molecular flexibility index (Phi) is 12.5. The van der Waals surface area contributed by atoms with E-state index in [0.29, 0.717) is 0 Å². The van der Waals surface area contributed by atoms with Crippen molar-refractivity contribution in [3.8, 4) is 0 Å². The summed E-state index contributed by atoms with van der Waals surface area (Å²) in [4.78, 5) is 0. The van der Waals surface area contributed by atoms with Crippen molar-refractivity contribution in [2.75, 3.05) is 6.61 Å². The van der Waals surface area contributed by atoms with Gasteiger partial charge in [-0.1, -0.05) is 80.8 Å². The van der Waals surface area contributed by atoms with Gasteiger partial charge in [-0.25, -0.2) is 0 Å². The molecular formula is C33H48O. The number of aryl methyl sites for hydroxylation is 2. The minimum Gasteiger partial charge on any atom is -0.377 e. The molecular weight excluding hydrogens is 412 g/mol. The molecule has 2 aromatic rings. The molecule has 1 nitrogen and oxygen atoms in total. The summed E-state index contributed by atoms with van der Waals surface area (Å²) in [6.07, 6.45) is 20.1. The predicted octanol–water partition coefficient (Wildman–Crippen LogP) is 9.59. The fraction of sp³-hybridized carbons (Fsp3) is 0.576. The highest BCUT2D eigenvalue weighted by molar-refractivity contribution is 5.27. The Morgan fingerprint density at radius 3 is 2.29 bits per heavy atom. The molecule has 1 aliphatic carbocycles. The highest BCUT2D eigenvalue weighted by atomic mass is 16.5. The first-order valence-electron chi connectivity index (χ1n) is 14.1. The average Bonchev–Trinajstić information content (AvgIpc) is 2.88. The first-order chi connectivity index (χ1) is 16.8. The topological polar surface area (TPSA) is 9.23 Å². The smallest absolute Gasteiger partial charge is 0.0719 e. The molecule has 0 bridgehead atoms. The third kappa shape index (κ3) is 9.41. The number of ether oxygens (including phenoxy) is 1. The van der Waals surface area contributed by atoms with Crippen LogP contribution < -0.4 is 0 Å². The zero-order valence-corrected chi connectivity index (χ0v) is 21.8. The maximum Gasteiger partial charge on any atom is 0.0719 e. The van der Waals surface area contributed by atoms with E-state index in [0.717, 1.165) is 31.5 Å². The number of benzene rings is 2. The second-order valence-electron chi connectivity index (χ2n) is 10.4. The van der Waals surface area contributed by atoms with Crippen LogP contribution in [0.4, 0.5) is 0 Å². The third-order valence-electron chi connectivity index (χ3n) is 7.75. The van der Waals surface area contributed by atoms with Gasteiger partial charge in [0.15, 0.2) is 0 Å². The molecule has 0 atom stereocenters. The first-order valence-corrected chi connectivity index (χ1v) is 14.1. The summed E-state index contributed by atoms with van der Waals surface area (Å²) >= 11 is 0. The van der Waals surface area contributed by atoms with Gasteiger partial charge in [-0.2, -0.15) is 0 Å². The SMILES string of the molecule is C=CCCCC1CCC(c2ccc(CCCCc3ccccc3COCCCCC)cc2)CC1. The minimum atomic E-state index is 0.762. The second-order valence-corrected chi connectivity index (χ2v) is 10.4. The lowest BCUT2D eigenvalue weighted by molar-refractivity contribution is 0.116. The fourth-order valence-electron chi connectivity index (χ4n) is 5.51. The summed E-state index contributed by atoms with van der Waals surface area (Å²) in [5.41, 5.74) is 5.91. The first kappa shape index (κ1) is 26.7. The monoisotopic (exact) mass is 460 g/mol. The quantitative estimate of drug-likeness (QED) is 0.179. The van der Waals surface area contributed by atoms with Gasteiger partial charge in [0.1, 0.15) is 0 Å². The maximum absolute atomic E-state index is 5.92. The molecule has 2 aromatic carbocycles. The van der Waals surface area contributed by atoms with Gasteiger partial charge in [0.05, 0.1) is 6.61 Å². The Hall–Kier alpha value is -1.86. The molecule has 34 heavy (non-hydrogen) atoms. The molecule has 0 unspecified atom stereocenters. The largest absolute Gasteiger partial charge is 0.377 e. The normalized spacial score (nSPS) is 18.1. The highest BCUT2D eigenvalue weighted by Crippen LogP contribution is 2.37. The molecule has 0 saturated heterocycles. The van der Waals surface area contributed by atoms with Crippen LogP contribution in [-0.2, 0) is 24.2 Å². The van der Waals surface area contributed by atoms with Crippen LogP contribution in [0.1, 0.15) is 112 Å². The van der Waals surface area contributed by atoms with E-state index in [1.165, 1.54) is 100 Å². The summed E-state index contributed by atoms with van der Waals surface area (Å²) in [7, 11) is 0. The Morgan fingerprint density at radius 2 is 1.56 bits per heavy atom. The van der Waals surface area contributed by atoms with E-state index in [2.05, 4.69) is 68.1 Å². The van der Waals surface area contributed by atoms with Crippen LogP contribution >= 0.6 is 0 Å². The number of allylic oxidation sites excluding steroid dienone is 1. The van der Waals surface area contributed by atoms with E-state index in [9.17, 15) is 0 Å². The lowest BCUT2D eigenvalue weighted by Crippen LogP contribution is -2.13. The lowest BCUT2D eigenvalue weighted by Gasteiger charge is -2.29. The van der Waals surface area contributed by atoms with E-state index >= 15 is 0 Å². The van der Waals surface area contributed by atoms with Crippen LogP contribution in [-0.4, -0.2) is 6.61 Å². The molecule has 0 aliphatic heterocycles. The van der Waals surface area contributed by atoms with Crippen LogP contribution in [0.2, 0.25) is 0 Å². The van der Waals surface area contributed by atoms with Gasteiger partial charge >= 0.3 is 0 Å². The van der Waals surface area contributed by atoms with Crippen molar-refractivity contribution in [1.82, 2.24) is 0 Å². The predicted molar refractivity (Wildman–Crippen MR) is 147 cm³/mol. The average molecular weight is 461 g/mol. The summed E-state index contributed by atoms with van der Waals surface area (Å²) in [5.74, 6) is 1.73. The summed E-state index contributed by atoms with van der Waals surface area (Å²) < 4.78 is 5.92. The molecule has 1 saturated carbocycles. The second kappa shape index (κ2) is 15.9. The van der Waals surface area contributed by atoms with Crippen molar-refractivity contribution in [3.05, 3.63) is 83.4 Å². The van der Waals surface area contributed by atoms with Crippen molar-refractivity contribution in [2.24, 2.45) is 5.92 Å². The maximum atomic E-state index is 5.92. The number of hydrogen-bond acceptors (Lipinski definition) is 1. The van der Waals surface area contributed by atoms with Gasteiger partial charge in [0.2, 0.25) is 0 Å². The zero-order valence-electron chi connectivity index (χ0n) is 21.8. The molecule has 0 spiro atoms. The summed E-state index contributed by atoms with van der Waals surface area (Å²) in [5, 5.41) is 0. The molecule has 0 radical (unpaired) electrons. The lowest BCUT2D eigenvalue weighted by atomic mass is 9.77. The van der Waals surface area contributed by atoms with Crippen molar-refractivity contribution in [1.29, 1.82) is 0 Å². The molecule has 0 aromatic heterocycles. The minimum absolute atomic E-state index is 0.762. The van der Waals surface area contributed by atoms with Crippen molar-refractivity contribution < 1.29 is 4.74 Å². The van der Waals surface area contributed by atoms with E-state index in [4.69, 9.17) is 4.74 Å². The molecule has 3 rings (SSSR count). The van der Waals surface area contributed by atoms with E-state index in [1.54, 1.807) is 5.56 Å². The van der Waals surface area contributed by atoms with Gasteiger partial charge in [-0.05, 0) is 105 Å².